The van der Waals surface area contributed by atoms with Gasteiger partial charge in [-0.05, 0) is 36.1 Å². The predicted octanol–water partition coefficient (Wildman–Crippen LogP) is 5.19. The Bertz CT molecular complexity index is 545. The molecule has 0 aromatic heterocycles. The summed E-state index contributed by atoms with van der Waals surface area (Å²) in [5.41, 5.74) is 5.08. The van der Waals surface area contributed by atoms with Crippen LogP contribution in [-0.4, -0.2) is 0 Å². The number of benzene rings is 2. The van der Waals surface area contributed by atoms with E-state index in [2.05, 4.69) is 74.5 Å². The first kappa shape index (κ1) is 12.4. The maximum absolute atomic E-state index is 2.24. The molecule has 0 heteroatoms. The summed E-state index contributed by atoms with van der Waals surface area (Å²) in [7, 11) is 0. The van der Waals surface area contributed by atoms with E-state index in [1.165, 1.54) is 22.3 Å². The van der Waals surface area contributed by atoms with Crippen molar-refractivity contribution in [2.45, 2.75) is 13.8 Å². The molecule has 0 aliphatic rings. The molecule has 0 fully saturated rings. The zero-order valence-electron chi connectivity index (χ0n) is 10.9. The Morgan fingerprint density at radius 2 is 1.28 bits per heavy atom. The van der Waals surface area contributed by atoms with Crippen molar-refractivity contribution >= 4 is 11.1 Å². The second-order valence-electron chi connectivity index (χ2n) is 4.30. The number of hydrogen-bond acceptors (Lipinski definition) is 0. The summed E-state index contributed by atoms with van der Waals surface area (Å²) in [6.45, 7) is 4.23. The van der Waals surface area contributed by atoms with Crippen LogP contribution in [0.2, 0.25) is 0 Å². The third-order valence-corrected chi connectivity index (χ3v) is 3.02. The van der Waals surface area contributed by atoms with Gasteiger partial charge in [0.25, 0.3) is 0 Å². The highest BCUT2D eigenvalue weighted by Crippen LogP contribution is 2.21. The largest absolute Gasteiger partial charge is 0.0798 e. The molecule has 0 unspecified atom stereocenters. The van der Waals surface area contributed by atoms with Crippen LogP contribution in [0.25, 0.3) is 11.1 Å². The van der Waals surface area contributed by atoms with Gasteiger partial charge in [0, 0.05) is 0 Å². The minimum absolute atomic E-state index is 1.26. The lowest BCUT2D eigenvalue weighted by atomic mass is 10.00. The highest BCUT2D eigenvalue weighted by Gasteiger charge is 1.99. The van der Waals surface area contributed by atoms with E-state index in [9.17, 15) is 0 Å². The molecule has 0 saturated carbocycles. The van der Waals surface area contributed by atoms with Gasteiger partial charge in [0.1, 0.15) is 0 Å². The van der Waals surface area contributed by atoms with E-state index in [-0.39, 0.29) is 0 Å². The van der Waals surface area contributed by atoms with Crippen molar-refractivity contribution in [2.75, 3.05) is 0 Å². The Morgan fingerprint density at radius 3 is 1.78 bits per heavy atom. The summed E-state index contributed by atoms with van der Waals surface area (Å²) in [6, 6.07) is 21.0. The van der Waals surface area contributed by atoms with E-state index in [0.29, 0.717) is 0 Å². The van der Waals surface area contributed by atoms with Crippen LogP contribution in [0.5, 0.6) is 0 Å². The molecule has 0 bridgehead atoms. The van der Waals surface area contributed by atoms with E-state index in [0.717, 1.165) is 0 Å². The zero-order valence-corrected chi connectivity index (χ0v) is 10.9. The van der Waals surface area contributed by atoms with Crippen molar-refractivity contribution in [1.82, 2.24) is 0 Å². The molecule has 18 heavy (non-hydrogen) atoms. The van der Waals surface area contributed by atoms with Gasteiger partial charge in [0.2, 0.25) is 0 Å². The van der Waals surface area contributed by atoms with Gasteiger partial charge < -0.3 is 0 Å². The number of allylic oxidation sites excluding steroid dienone is 4. The van der Waals surface area contributed by atoms with Crippen molar-refractivity contribution in [3.8, 4) is 0 Å². The maximum Gasteiger partial charge on any atom is -0.0187 e. The Kier molecular flexibility index (Phi) is 4.14. The van der Waals surface area contributed by atoms with E-state index in [1.54, 1.807) is 0 Å². The van der Waals surface area contributed by atoms with Crippen LogP contribution in [-0.2, 0) is 0 Å². The van der Waals surface area contributed by atoms with E-state index in [4.69, 9.17) is 0 Å². The van der Waals surface area contributed by atoms with Gasteiger partial charge in [-0.3, -0.25) is 0 Å². The fraction of sp³-hybridized carbons (Fsp3) is 0.111. The lowest BCUT2D eigenvalue weighted by Gasteiger charge is -2.05. The topological polar surface area (TPSA) is 0 Å². The molecule has 2 aromatic rings. The van der Waals surface area contributed by atoms with E-state index >= 15 is 0 Å². The van der Waals surface area contributed by atoms with Crippen molar-refractivity contribution in [1.29, 1.82) is 0 Å². The SMILES string of the molecule is C/C=C(\C=C(/C)c1ccccc1)c1ccccc1. The molecule has 2 aromatic carbocycles. The summed E-state index contributed by atoms with van der Waals surface area (Å²) in [6.07, 6.45) is 4.40. The Balaban J connectivity index is 2.32. The molecular weight excluding hydrogens is 216 g/mol. The minimum atomic E-state index is 1.26. The maximum atomic E-state index is 2.24. The van der Waals surface area contributed by atoms with Crippen LogP contribution < -0.4 is 0 Å². The Hall–Kier alpha value is -2.08. The van der Waals surface area contributed by atoms with Crippen molar-refractivity contribution in [3.05, 3.63) is 83.9 Å². The lowest BCUT2D eigenvalue weighted by molar-refractivity contribution is 1.55. The molecule has 0 aliphatic carbocycles. The molecule has 0 heterocycles. The molecule has 0 N–H and O–H groups in total. The van der Waals surface area contributed by atoms with E-state index in [1.807, 2.05) is 12.1 Å². The summed E-state index contributed by atoms with van der Waals surface area (Å²) >= 11 is 0. The van der Waals surface area contributed by atoms with Gasteiger partial charge >= 0.3 is 0 Å². The van der Waals surface area contributed by atoms with Gasteiger partial charge in [-0.15, -0.1) is 0 Å². The average molecular weight is 234 g/mol. The second kappa shape index (κ2) is 6.02. The second-order valence-corrected chi connectivity index (χ2v) is 4.30. The number of rotatable bonds is 3. The summed E-state index contributed by atoms with van der Waals surface area (Å²) in [5.74, 6) is 0. The molecule has 2 rings (SSSR count). The number of hydrogen-bond donors (Lipinski definition) is 0. The molecular formula is C18H18. The Labute approximate surface area is 109 Å². The summed E-state index contributed by atoms with van der Waals surface area (Å²) in [5, 5.41) is 0. The van der Waals surface area contributed by atoms with Crippen LogP contribution >= 0.6 is 0 Å². The van der Waals surface area contributed by atoms with Gasteiger partial charge in [0.05, 0.1) is 0 Å². The summed E-state index contributed by atoms with van der Waals surface area (Å²) < 4.78 is 0. The molecule has 0 radical (unpaired) electrons. The van der Waals surface area contributed by atoms with Gasteiger partial charge in [0.15, 0.2) is 0 Å². The first-order valence-corrected chi connectivity index (χ1v) is 6.26. The van der Waals surface area contributed by atoms with Gasteiger partial charge in [-0.25, -0.2) is 0 Å². The van der Waals surface area contributed by atoms with Crippen LogP contribution in [0.1, 0.15) is 25.0 Å². The molecule has 0 saturated heterocycles. The smallest absolute Gasteiger partial charge is 0.0187 e. The van der Waals surface area contributed by atoms with Crippen LogP contribution in [0.15, 0.2) is 72.8 Å². The zero-order chi connectivity index (χ0) is 12.8. The highest BCUT2D eigenvalue weighted by atomic mass is 14.0. The van der Waals surface area contributed by atoms with Gasteiger partial charge in [-0.2, -0.15) is 0 Å². The lowest BCUT2D eigenvalue weighted by Crippen LogP contribution is -1.83. The normalized spacial score (nSPS) is 12.6. The monoisotopic (exact) mass is 234 g/mol. The van der Waals surface area contributed by atoms with E-state index < -0.39 is 0 Å². The molecule has 0 aliphatic heterocycles. The molecule has 0 atom stereocenters. The minimum Gasteiger partial charge on any atom is -0.0798 e. The van der Waals surface area contributed by atoms with Crippen molar-refractivity contribution in [3.63, 3.8) is 0 Å². The van der Waals surface area contributed by atoms with Crippen LogP contribution in [0.3, 0.4) is 0 Å². The fourth-order valence-electron chi connectivity index (χ4n) is 1.98. The highest BCUT2D eigenvalue weighted by molar-refractivity contribution is 5.83. The quantitative estimate of drug-likeness (QED) is 0.641. The standard InChI is InChI=1S/C18H18/c1-3-16(18-12-8-5-9-13-18)14-15(2)17-10-6-4-7-11-17/h3-14H,1-2H3/b15-14+,16-3+. The molecule has 0 spiro atoms. The first-order chi connectivity index (χ1) is 8.81. The van der Waals surface area contributed by atoms with Crippen molar-refractivity contribution < 1.29 is 0 Å². The average Bonchev–Trinajstić information content (AvgIpc) is 2.46. The van der Waals surface area contributed by atoms with Crippen molar-refractivity contribution in [2.24, 2.45) is 0 Å². The van der Waals surface area contributed by atoms with Gasteiger partial charge in [-0.1, -0.05) is 72.8 Å². The molecule has 0 nitrogen and oxygen atoms in total. The fourth-order valence-corrected chi connectivity index (χ4v) is 1.98. The van der Waals surface area contributed by atoms with Crippen LogP contribution in [0, 0.1) is 0 Å². The molecule has 0 amide bonds. The third kappa shape index (κ3) is 2.98. The predicted molar refractivity (Wildman–Crippen MR) is 80.2 cm³/mol. The first-order valence-electron chi connectivity index (χ1n) is 6.26. The Morgan fingerprint density at radius 1 is 0.778 bits per heavy atom. The van der Waals surface area contributed by atoms with Crippen LogP contribution in [0.4, 0.5) is 0 Å². The third-order valence-electron chi connectivity index (χ3n) is 3.02. The molecule has 90 valence electrons. The summed E-state index contributed by atoms with van der Waals surface area (Å²) in [4.78, 5) is 0.